The lowest BCUT2D eigenvalue weighted by molar-refractivity contribution is 0.0953. The lowest BCUT2D eigenvalue weighted by atomic mass is 10.1. The van der Waals surface area contributed by atoms with Gasteiger partial charge in [-0.3, -0.25) is 10.2 Å². The summed E-state index contributed by atoms with van der Waals surface area (Å²) >= 11 is 3.53. The summed E-state index contributed by atoms with van der Waals surface area (Å²) in [6.45, 7) is 3.80. The molecule has 3 N–H and O–H groups in total. The molecule has 2 aromatic carbocycles. The molecule has 2 aromatic rings. The highest BCUT2D eigenvalue weighted by atomic mass is 79.9. The number of anilines is 1. The van der Waals surface area contributed by atoms with Crippen LogP contribution in [0.3, 0.4) is 0 Å². The minimum absolute atomic E-state index is 0.294. The van der Waals surface area contributed by atoms with Crippen LogP contribution < -0.4 is 16.2 Å². The van der Waals surface area contributed by atoms with Crippen LogP contribution >= 0.6 is 15.9 Å². The first-order valence-electron chi connectivity index (χ1n) is 6.75. The fourth-order valence-electron chi connectivity index (χ4n) is 2.13. The number of carbonyl (C=O) groups excluding carboxylic acids is 1. The molecule has 0 aromatic heterocycles. The van der Waals surface area contributed by atoms with E-state index in [0.717, 1.165) is 23.1 Å². The second kappa shape index (κ2) is 7.24. The molecule has 110 valence electrons. The van der Waals surface area contributed by atoms with Crippen molar-refractivity contribution in [2.45, 2.75) is 13.5 Å². The number of halogens is 1. The van der Waals surface area contributed by atoms with Crippen molar-refractivity contribution in [3.8, 4) is 0 Å². The number of rotatable bonds is 5. The van der Waals surface area contributed by atoms with Crippen molar-refractivity contribution in [2.24, 2.45) is 5.84 Å². The second-order valence-electron chi connectivity index (χ2n) is 4.63. The molecule has 0 radical (unpaired) electrons. The summed E-state index contributed by atoms with van der Waals surface area (Å²) in [6, 6.07) is 15.8. The van der Waals surface area contributed by atoms with E-state index in [0.29, 0.717) is 5.56 Å². The lowest BCUT2D eigenvalue weighted by Crippen LogP contribution is -2.30. The molecule has 0 saturated carbocycles. The van der Waals surface area contributed by atoms with Gasteiger partial charge in [0.2, 0.25) is 0 Å². The molecule has 1 amide bonds. The van der Waals surface area contributed by atoms with Gasteiger partial charge in [-0.05, 0) is 36.8 Å². The first-order valence-corrected chi connectivity index (χ1v) is 7.54. The second-order valence-corrected chi connectivity index (χ2v) is 5.48. The van der Waals surface area contributed by atoms with Crippen molar-refractivity contribution in [2.75, 3.05) is 11.4 Å². The van der Waals surface area contributed by atoms with E-state index < -0.39 is 0 Å². The van der Waals surface area contributed by atoms with Gasteiger partial charge in [-0.2, -0.15) is 0 Å². The van der Waals surface area contributed by atoms with Crippen molar-refractivity contribution in [1.29, 1.82) is 0 Å². The van der Waals surface area contributed by atoms with Crippen LogP contribution in [-0.2, 0) is 6.54 Å². The highest BCUT2D eigenvalue weighted by Crippen LogP contribution is 2.23. The maximum atomic E-state index is 11.5. The summed E-state index contributed by atoms with van der Waals surface area (Å²) in [6.07, 6.45) is 0. The third-order valence-electron chi connectivity index (χ3n) is 3.31. The van der Waals surface area contributed by atoms with Crippen LogP contribution in [0.15, 0.2) is 53.0 Å². The number of carbonyl (C=O) groups is 1. The molecule has 4 nitrogen and oxygen atoms in total. The molecular weight excluding hydrogens is 330 g/mol. The van der Waals surface area contributed by atoms with E-state index in [1.165, 1.54) is 5.69 Å². The number of nitrogens with one attached hydrogen (secondary N) is 1. The summed E-state index contributed by atoms with van der Waals surface area (Å²) in [5.74, 6) is 4.85. The molecule has 0 aliphatic heterocycles. The summed E-state index contributed by atoms with van der Waals surface area (Å²) in [7, 11) is 0. The minimum atomic E-state index is -0.294. The number of amides is 1. The van der Waals surface area contributed by atoms with Crippen molar-refractivity contribution >= 4 is 27.5 Å². The van der Waals surface area contributed by atoms with Gasteiger partial charge in [0.25, 0.3) is 5.91 Å². The Kier molecular flexibility index (Phi) is 5.36. The fraction of sp³-hybridized carbons (Fsp3) is 0.188. The minimum Gasteiger partial charge on any atom is -0.367 e. The molecule has 0 unspecified atom stereocenters. The van der Waals surface area contributed by atoms with Gasteiger partial charge in [0, 0.05) is 28.8 Å². The van der Waals surface area contributed by atoms with Gasteiger partial charge >= 0.3 is 0 Å². The smallest absolute Gasteiger partial charge is 0.265 e. The van der Waals surface area contributed by atoms with Gasteiger partial charge in [0.05, 0.1) is 0 Å². The predicted molar refractivity (Wildman–Crippen MR) is 89.0 cm³/mol. The average Bonchev–Trinajstić information content (AvgIpc) is 2.53. The number of nitrogens with two attached hydrogens (primary N) is 1. The largest absolute Gasteiger partial charge is 0.367 e. The van der Waals surface area contributed by atoms with E-state index in [1.54, 1.807) is 12.1 Å². The molecule has 2 rings (SSSR count). The van der Waals surface area contributed by atoms with Crippen LogP contribution in [0.25, 0.3) is 0 Å². The Labute approximate surface area is 133 Å². The van der Waals surface area contributed by atoms with Gasteiger partial charge in [0.1, 0.15) is 0 Å². The van der Waals surface area contributed by atoms with Gasteiger partial charge < -0.3 is 4.90 Å². The molecule has 0 atom stereocenters. The highest BCUT2D eigenvalue weighted by Gasteiger charge is 2.10. The zero-order valence-corrected chi connectivity index (χ0v) is 13.4. The molecule has 5 heteroatoms. The first kappa shape index (κ1) is 15.5. The van der Waals surface area contributed by atoms with Crippen LogP contribution in [-0.4, -0.2) is 12.5 Å². The number of hydrogen-bond donors (Lipinski definition) is 2. The van der Waals surface area contributed by atoms with E-state index in [1.807, 2.05) is 24.3 Å². The quantitative estimate of drug-likeness (QED) is 0.496. The van der Waals surface area contributed by atoms with Crippen molar-refractivity contribution in [3.63, 3.8) is 0 Å². The van der Waals surface area contributed by atoms with Crippen LogP contribution in [0.2, 0.25) is 0 Å². The van der Waals surface area contributed by atoms with Gasteiger partial charge in [0.15, 0.2) is 0 Å². The zero-order chi connectivity index (χ0) is 15.2. The van der Waals surface area contributed by atoms with E-state index in [4.69, 9.17) is 5.84 Å². The Morgan fingerprint density at radius 3 is 2.52 bits per heavy atom. The van der Waals surface area contributed by atoms with Crippen molar-refractivity contribution in [3.05, 3.63) is 64.1 Å². The van der Waals surface area contributed by atoms with Gasteiger partial charge in [-0.15, -0.1) is 0 Å². The van der Waals surface area contributed by atoms with Gasteiger partial charge in [-0.1, -0.05) is 40.2 Å². The topological polar surface area (TPSA) is 58.4 Å². The molecule has 0 spiro atoms. The van der Waals surface area contributed by atoms with Crippen molar-refractivity contribution < 1.29 is 4.79 Å². The highest BCUT2D eigenvalue weighted by molar-refractivity contribution is 9.10. The van der Waals surface area contributed by atoms with Crippen molar-refractivity contribution in [1.82, 2.24) is 5.43 Å². The standard InChI is InChI=1S/C16H18BrN3O/c1-2-20(14-6-4-3-5-7-14)11-13-9-8-12(10-15(13)17)16(21)19-18/h3-10H,2,11,18H2,1H3,(H,19,21). The normalized spacial score (nSPS) is 10.2. The van der Waals surface area contributed by atoms with Crippen LogP contribution in [0.1, 0.15) is 22.8 Å². The summed E-state index contributed by atoms with van der Waals surface area (Å²) in [4.78, 5) is 13.8. The number of hydrogen-bond acceptors (Lipinski definition) is 3. The summed E-state index contributed by atoms with van der Waals surface area (Å²) < 4.78 is 0.901. The molecule has 0 heterocycles. The SMILES string of the molecule is CCN(Cc1ccc(C(=O)NN)cc1Br)c1ccccc1. The molecule has 0 saturated heterocycles. The Morgan fingerprint density at radius 2 is 1.95 bits per heavy atom. The van der Waals surface area contributed by atoms with E-state index >= 15 is 0 Å². The summed E-state index contributed by atoms with van der Waals surface area (Å²) in [5, 5.41) is 0. The number of para-hydroxylation sites is 1. The molecule has 0 aliphatic rings. The molecule has 21 heavy (non-hydrogen) atoms. The molecule has 0 aliphatic carbocycles. The number of nitrogen functional groups attached to an aromatic ring is 1. The molecular formula is C16H18BrN3O. The third kappa shape index (κ3) is 3.83. The van der Waals surface area contributed by atoms with Gasteiger partial charge in [-0.25, -0.2) is 5.84 Å². The fourth-order valence-corrected chi connectivity index (χ4v) is 2.63. The Balaban J connectivity index is 2.20. The monoisotopic (exact) mass is 347 g/mol. The van der Waals surface area contributed by atoms with Crippen LogP contribution in [0.4, 0.5) is 5.69 Å². The maximum absolute atomic E-state index is 11.5. The zero-order valence-electron chi connectivity index (χ0n) is 11.8. The average molecular weight is 348 g/mol. The predicted octanol–water partition coefficient (Wildman–Crippen LogP) is 3.08. The number of benzene rings is 2. The Bertz CT molecular complexity index is 616. The first-order chi connectivity index (χ1) is 10.2. The van der Waals surface area contributed by atoms with E-state index in [-0.39, 0.29) is 5.91 Å². The Morgan fingerprint density at radius 1 is 1.24 bits per heavy atom. The maximum Gasteiger partial charge on any atom is 0.265 e. The Hall–Kier alpha value is -1.85. The van der Waals surface area contributed by atoms with E-state index in [2.05, 4.69) is 45.3 Å². The molecule has 0 fully saturated rings. The third-order valence-corrected chi connectivity index (χ3v) is 4.05. The number of nitrogens with zero attached hydrogens (tertiary/aromatic N) is 1. The van der Waals surface area contributed by atoms with E-state index in [9.17, 15) is 4.79 Å². The lowest BCUT2D eigenvalue weighted by Gasteiger charge is -2.24. The van der Waals surface area contributed by atoms with Crippen LogP contribution in [0, 0.1) is 0 Å². The van der Waals surface area contributed by atoms with Crippen LogP contribution in [0.5, 0.6) is 0 Å². The molecule has 0 bridgehead atoms. The number of hydrazine groups is 1. The summed E-state index contributed by atoms with van der Waals surface area (Å²) in [5.41, 5.74) is 4.97.